The summed E-state index contributed by atoms with van der Waals surface area (Å²) in [4.78, 5) is 27.1. The van der Waals surface area contributed by atoms with Crippen LogP contribution in [-0.2, 0) is 24.9 Å². The SMILES string of the molecule is CCn1c(=O)c2cnc(Nc3ccc4c(c3)CNCC4)nc2n1-c1cccc(C2(C#N)CCC2)n1. The Morgan fingerprint density at radius 1 is 1.20 bits per heavy atom. The number of nitrogens with one attached hydrogen (secondary N) is 2. The summed E-state index contributed by atoms with van der Waals surface area (Å²) >= 11 is 0. The zero-order valence-corrected chi connectivity index (χ0v) is 19.6. The van der Waals surface area contributed by atoms with Crippen LogP contribution >= 0.6 is 0 Å². The lowest BCUT2D eigenvalue weighted by Gasteiger charge is -2.34. The van der Waals surface area contributed by atoms with Crippen molar-refractivity contribution in [3.05, 3.63) is 69.8 Å². The maximum Gasteiger partial charge on any atom is 0.278 e. The highest BCUT2D eigenvalue weighted by atomic mass is 16.1. The molecule has 2 N–H and O–H groups in total. The summed E-state index contributed by atoms with van der Waals surface area (Å²) in [5.74, 6) is 0.981. The smallest absolute Gasteiger partial charge is 0.278 e. The summed E-state index contributed by atoms with van der Waals surface area (Å²) in [7, 11) is 0. The van der Waals surface area contributed by atoms with Crippen LogP contribution in [0.25, 0.3) is 16.9 Å². The molecule has 1 aliphatic heterocycles. The van der Waals surface area contributed by atoms with Gasteiger partial charge in [-0.3, -0.25) is 4.79 Å². The van der Waals surface area contributed by atoms with Crippen LogP contribution < -0.4 is 16.2 Å². The highest BCUT2D eigenvalue weighted by Gasteiger charge is 2.40. The molecule has 0 radical (unpaired) electrons. The van der Waals surface area contributed by atoms with Crippen LogP contribution in [0, 0.1) is 11.3 Å². The summed E-state index contributed by atoms with van der Waals surface area (Å²) in [5.41, 5.74) is 4.04. The van der Waals surface area contributed by atoms with Gasteiger partial charge in [-0.2, -0.15) is 10.2 Å². The van der Waals surface area contributed by atoms with Gasteiger partial charge in [-0.15, -0.1) is 0 Å². The van der Waals surface area contributed by atoms with Crippen molar-refractivity contribution >= 4 is 22.7 Å². The average Bonchev–Trinajstić information content (AvgIpc) is 3.14. The molecule has 1 aromatic carbocycles. The Balaban J connectivity index is 1.44. The molecular formula is C26H26N8O. The van der Waals surface area contributed by atoms with E-state index in [1.807, 2.05) is 31.2 Å². The maximum absolute atomic E-state index is 13.1. The number of nitriles is 1. The molecular weight excluding hydrogens is 440 g/mol. The molecule has 176 valence electrons. The van der Waals surface area contributed by atoms with E-state index in [1.54, 1.807) is 15.6 Å². The van der Waals surface area contributed by atoms with E-state index < -0.39 is 5.41 Å². The topological polar surface area (TPSA) is 113 Å². The molecule has 4 aromatic rings. The Morgan fingerprint density at radius 3 is 2.86 bits per heavy atom. The molecule has 35 heavy (non-hydrogen) atoms. The molecule has 1 saturated carbocycles. The Hall–Kier alpha value is -4.03. The number of fused-ring (bicyclic) bond motifs is 2. The van der Waals surface area contributed by atoms with E-state index in [0.717, 1.165) is 50.2 Å². The van der Waals surface area contributed by atoms with E-state index in [4.69, 9.17) is 9.97 Å². The molecule has 0 bridgehead atoms. The van der Waals surface area contributed by atoms with Crippen LogP contribution in [0.15, 0.2) is 47.4 Å². The number of nitrogens with zero attached hydrogens (tertiary/aromatic N) is 6. The van der Waals surface area contributed by atoms with Crippen LogP contribution in [-0.4, -0.2) is 30.9 Å². The molecule has 0 atom stereocenters. The number of hydrogen-bond donors (Lipinski definition) is 2. The van der Waals surface area contributed by atoms with Gasteiger partial charge in [-0.1, -0.05) is 12.1 Å². The van der Waals surface area contributed by atoms with E-state index >= 15 is 0 Å². The minimum Gasteiger partial charge on any atom is -0.324 e. The number of pyridine rings is 1. The fourth-order valence-corrected chi connectivity index (χ4v) is 5.06. The van der Waals surface area contributed by atoms with Crippen LogP contribution in [0.4, 0.5) is 11.6 Å². The molecule has 0 unspecified atom stereocenters. The maximum atomic E-state index is 13.1. The van der Waals surface area contributed by atoms with Crippen LogP contribution in [0.1, 0.15) is 43.0 Å². The van der Waals surface area contributed by atoms with Gasteiger partial charge in [0.05, 0.1) is 17.2 Å². The van der Waals surface area contributed by atoms with Gasteiger partial charge in [-0.25, -0.2) is 19.3 Å². The van der Waals surface area contributed by atoms with Gasteiger partial charge in [0, 0.05) is 25.0 Å². The van der Waals surface area contributed by atoms with Crippen LogP contribution in [0.5, 0.6) is 0 Å². The van der Waals surface area contributed by atoms with E-state index in [9.17, 15) is 10.1 Å². The predicted octanol–water partition coefficient (Wildman–Crippen LogP) is 3.33. The Bertz CT molecular complexity index is 1540. The van der Waals surface area contributed by atoms with Crippen molar-refractivity contribution in [1.82, 2.24) is 29.6 Å². The Morgan fingerprint density at radius 2 is 2.09 bits per heavy atom. The normalized spacial score (nSPS) is 16.3. The molecule has 9 heteroatoms. The second-order valence-electron chi connectivity index (χ2n) is 9.23. The molecule has 0 amide bonds. The van der Waals surface area contributed by atoms with Crippen LogP contribution in [0.3, 0.4) is 0 Å². The first-order valence-corrected chi connectivity index (χ1v) is 12.1. The van der Waals surface area contributed by atoms with Crippen LogP contribution in [0.2, 0.25) is 0 Å². The molecule has 1 fully saturated rings. The largest absolute Gasteiger partial charge is 0.324 e. The lowest BCUT2D eigenvalue weighted by Crippen LogP contribution is -2.33. The highest BCUT2D eigenvalue weighted by Crippen LogP contribution is 2.42. The first-order valence-electron chi connectivity index (χ1n) is 12.1. The van der Waals surface area contributed by atoms with Gasteiger partial charge in [0.25, 0.3) is 5.56 Å². The Labute approximate surface area is 202 Å². The molecule has 0 spiro atoms. The van der Waals surface area contributed by atoms with Crippen molar-refractivity contribution < 1.29 is 0 Å². The van der Waals surface area contributed by atoms with Crippen molar-refractivity contribution in [3.63, 3.8) is 0 Å². The molecule has 4 heterocycles. The number of rotatable bonds is 5. The number of hydrogen-bond acceptors (Lipinski definition) is 7. The van der Waals surface area contributed by atoms with E-state index in [0.29, 0.717) is 29.3 Å². The van der Waals surface area contributed by atoms with Crippen molar-refractivity contribution in [2.45, 2.75) is 51.1 Å². The van der Waals surface area contributed by atoms with E-state index in [2.05, 4.69) is 33.8 Å². The van der Waals surface area contributed by atoms with Crippen molar-refractivity contribution in [3.8, 4) is 11.9 Å². The van der Waals surface area contributed by atoms with Gasteiger partial charge in [0.15, 0.2) is 11.5 Å². The minimum absolute atomic E-state index is 0.167. The monoisotopic (exact) mass is 466 g/mol. The highest BCUT2D eigenvalue weighted by molar-refractivity contribution is 5.77. The van der Waals surface area contributed by atoms with E-state index in [-0.39, 0.29) is 5.56 Å². The zero-order chi connectivity index (χ0) is 24.0. The fourth-order valence-electron chi connectivity index (χ4n) is 5.06. The number of benzene rings is 1. The predicted molar refractivity (Wildman–Crippen MR) is 133 cm³/mol. The average molecular weight is 467 g/mol. The fraction of sp³-hybridized carbons (Fsp3) is 0.346. The Kier molecular flexibility index (Phi) is 5.11. The number of anilines is 2. The molecule has 3 aromatic heterocycles. The minimum atomic E-state index is -0.542. The zero-order valence-electron chi connectivity index (χ0n) is 19.6. The first kappa shape index (κ1) is 21.5. The molecule has 9 nitrogen and oxygen atoms in total. The first-order chi connectivity index (χ1) is 17.1. The van der Waals surface area contributed by atoms with Gasteiger partial charge in [-0.05, 0) is 74.5 Å². The summed E-state index contributed by atoms with van der Waals surface area (Å²) in [5, 5.41) is 16.9. The third kappa shape index (κ3) is 3.49. The third-order valence-corrected chi connectivity index (χ3v) is 7.19. The quantitative estimate of drug-likeness (QED) is 0.464. The van der Waals surface area contributed by atoms with Gasteiger partial charge in [0.1, 0.15) is 5.39 Å². The lowest BCUT2D eigenvalue weighted by atomic mass is 9.67. The standard InChI is InChI=1S/C26H26N8O/c1-2-33-24(35)20-15-29-25(30-19-8-7-17-9-12-28-14-18(17)13-19)32-23(20)34(33)22-6-3-5-21(31-22)26(16-27)10-4-11-26/h3,5-8,13,15,28H,2,4,9-12,14H2,1H3,(H,29,30,32). The van der Waals surface area contributed by atoms with Gasteiger partial charge < -0.3 is 10.6 Å². The van der Waals surface area contributed by atoms with Crippen molar-refractivity contribution in [1.29, 1.82) is 5.26 Å². The van der Waals surface area contributed by atoms with Gasteiger partial charge >= 0.3 is 0 Å². The van der Waals surface area contributed by atoms with E-state index in [1.165, 1.54) is 11.1 Å². The molecule has 0 saturated heterocycles. The second kappa shape index (κ2) is 8.32. The molecule has 6 rings (SSSR count). The lowest BCUT2D eigenvalue weighted by molar-refractivity contribution is 0.315. The summed E-state index contributed by atoms with van der Waals surface area (Å²) in [6.07, 6.45) is 5.22. The van der Waals surface area contributed by atoms with Crippen molar-refractivity contribution in [2.75, 3.05) is 11.9 Å². The van der Waals surface area contributed by atoms with Crippen molar-refractivity contribution in [2.24, 2.45) is 0 Å². The summed E-state index contributed by atoms with van der Waals surface area (Å²) in [6, 6.07) is 14.4. The van der Waals surface area contributed by atoms with Gasteiger partial charge in [0.2, 0.25) is 5.95 Å². The molecule has 1 aliphatic carbocycles. The molecule has 2 aliphatic rings. The third-order valence-electron chi connectivity index (χ3n) is 7.19. The summed E-state index contributed by atoms with van der Waals surface area (Å²) in [6.45, 7) is 4.20. The summed E-state index contributed by atoms with van der Waals surface area (Å²) < 4.78 is 3.36. The second-order valence-corrected chi connectivity index (χ2v) is 9.23. The number of aromatic nitrogens is 5.